The van der Waals surface area contributed by atoms with Gasteiger partial charge in [0.2, 0.25) is 0 Å². The molecule has 1 aromatic carbocycles. The summed E-state index contributed by atoms with van der Waals surface area (Å²) in [5, 5.41) is 4.10. The van der Waals surface area contributed by atoms with Gasteiger partial charge in [-0.3, -0.25) is 14.0 Å². The molecule has 24 heavy (non-hydrogen) atoms. The van der Waals surface area contributed by atoms with Gasteiger partial charge < -0.3 is 9.47 Å². The fourth-order valence-corrected chi connectivity index (χ4v) is 2.70. The number of benzene rings is 1. The van der Waals surface area contributed by atoms with Crippen molar-refractivity contribution in [1.29, 1.82) is 0 Å². The zero-order valence-corrected chi connectivity index (χ0v) is 12.6. The molecule has 124 valence electrons. The number of aromatic nitrogens is 4. The first kappa shape index (κ1) is 14.6. The fourth-order valence-electron chi connectivity index (χ4n) is 2.70. The molecule has 0 unspecified atom stereocenters. The molecule has 9 heteroatoms. The summed E-state index contributed by atoms with van der Waals surface area (Å²) in [6.45, 7) is 2.41. The lowest BCUT2D eigenvalue weighted by Crippen LogP contribution is -2.26. The SMILES string of the molecule is CCn1ncc2ncn(Cc3cccc4c3OC(F)(F)O4)c(=O)c21. The molecule has 1 aliphatic rings. The van der Waals surface area contributed by atoms with E-state index in [1.807, 2.05) is 6.92 Å². The summed E-state index contributed by atoms with van der Waals surface area (Å²) in [5.41, 5.74) is 0.954. The minimum absolute atomic E-state index is 0.0271. The highest BCUT2D eigenvalue weighted by atomic mass is 19.3. The van der Waals surface area contributed by atoms with Crippen LogP contribution in [0.25, 0.3) is 11.0 Å². The Morgan fingerprint density at radius 2 is 2.12 bits per heavy atom. The van der Waals surface area contributed by atoms with Crippen LogP contribution in [0.2, 0.25) is 0 Å². The van der Waals surface area contributed by atoms with Gasteiger partial charge in [-0.05, 0) is 13.0 Å². The summed E-state index contributed by atoms with van der Waals surface area (Å²) in [5.74, 6) is -0.128. The normalized spacial score (nSPS) is 15.1. The summed E-state index contributed by atoms with van der Waals surface area (Å²) < 4.78 is 38.4. The van der Waals surface area contributed by atoms with E-state index in [1.54, 1.807) is 16.8 Å². The van der Waals surface area contributed by atoms with Crippen molar-refractivity contribution < 1.29 is 18.3 Å². The van der Waals surface area contributed by atoms with Crippen LogP contribution in [-0.4, -0.2) is 25.6 Å². The van der Waals surface area contributed by atoms with Crippen LogP contribution in [0.15, 0.2) is 35.5 Å². The largest absolute Gasteiger partial charge is 0.586 e. The van der Waals surface area contributed by atoms with Crippen molar-refractivity contribution in [2.45, 2.75) is 26.3 Å². The average Bonchev–Trinajstić information content (AvgIpc) is 3.09. The van der Waals surface area contributed by atoms with Crippen molar-refractivity contribution in [2.24, 2.45) is 0 Å². The quantitative estimate of drug-likeness (QED) is 0.732. The third kappa shape index (κ3) is 2.20. The smallest absolute Gasteiger partial charge is 0.395 e. The number of hydrogen-bond donors (Lipinski definition) is 0. The highest BCUT2D eigenvalue weighted by molar-refractivity contribution is 5.72. The number of hydrogen-bond acceptors (Lipinski definition) is 5. The minimum Gasteiger partial charge on any atom is -0.395 e. The maximum Gasteiger partial charge on any atom is 0.586 e. The van der Waals surface area contributed by atoms with Crippen LogP contribution in [0.1, 0.15) is 12.5 Å². The van der Waals surface area contributed by atoms with E-state index in [4.69, 9.17) is 0 Å². The third-order valence-electron chi connectivity index (χ3n) is 3.77. The van der Waals surface area contributed by atoms with Gasteiger partial charge >= 0.3 is 6.29 Å². The van der Waals surface area contributed by atoms with E-state index < -0.39 is 6.29 Å². The van der Waals surface area contributed by atoms with Gasteiger partial charge in [-0.2, -0.15) is 5.10 Å². The molecule has 0 spiro atoms. The van der Waals surface area contributed by atoms with Crippen molar-refractivity contribution in [3.8, 4) is 11.5 Å². The van der Waals surface area contributed by atoms with Crippen LogP contribution in [0.3, 0.4) is 0 Å². The maximum absolute atomic E-state index is 13.3. The van der Waals surface area contributed by atoms with Gasteiger partial charge in [-0.25, -0.2) is 4.98 Å². The Hall–Kier alpha value is -2.97. The van der Waals surface area contributed by atoms with Crippen LogP contribution in [-0.2, 0) is 13.1 Å². The summed E-state index contributed by atoms with van der Waals surface area (Å²) in [7, 11) is 0. The Morgan fingerprint density at radius 1 is 1.29 bits per heavy atom. The summed E-state index contributed by atoms with van der Waals surface area (Å²) in [6.07, 6.45) is -0.825. The predicted octanol–water partition coefficient (Wildman–Crippen LogP) is 1.98. The number of halogens is 2. The maximum atomic E-state index is 13.3. The van der Waals surface area contributed by atoms with Gasteiger partial charge in [0.05, 0.1) is 19.1 Å². The zero-order chi connectivity index (χ0) is 16.9. The molecule has 2 aromatic heterocycles. The van der Waals surface area contributed by atoms with Crippen LogP contribution in [0.4, 0.5) is 8.78 Å². The number of fused-ring (bicyclic) bond motifs is 2. The first-order valence-corrected chi connectivity index (χ1v) is 7.27. The monoisotopic (exact) mass is 334 g/mol. The van der Waals surface area contributed by atoms with Gasteiger partial charge in [0.1, 0.15) is 5.52 Å². The molecule has 0 radical (unpaired) electrons. The molecule has 7 nitrogen and oxygen atoms in total. The van der Waals surface area contributed by atoms with Crippen molar-refractivity contribution in [3.05, 3.63) is 46.6 Å². The molecule has 0 saturated carbocycles. The molecular weight excluding hydrogens is 322 g/mol. The van der Waals surface area contributed by atoms with Crippen molar-refractivity contribution >= 4 is 11.0 Å². The topological polar surface area (TPSA) is 71.2 Å². The number of aryl methyl sites for hydroxylation is 1. The standard InChI is InChI=1S/C15H12F2N4O3/c1-2-21-12-10(6-19-21)18-8-20(14(12)22)7-9-4-3-5-11-13(9)24-15(16,17)23-11/h3-6,8H,2,7H2,1H3. The number of rotatable bonds is 3. The molecule has 1 aliphatic heterocycles. The molecular formula is C15H12F2N4O3. The van der Waals surface area contributed by atoms with E-state index in [0.717, 1.165) is 0 Å². The first-order valence-electron chi connectivity index (χ1n) is 7.27. The van der Waals surface area contributed by atoms with E-state index >= 15 is 0 Å². The molecule has 0 saturated heterocycles. The van der Waals surface area contributed by atoms with Gasteiger partial charge in [0.25, 0.3) is 5.56 Å². The van der Waals surface area contributed by atoms with E-state index in [1.165, 1.54) is 23.2 Å². The Bertz CT molecular complexity index is 996. The third-order valence-corrected chi connectivity index (χ3v) is 3.77. The van der Waals surface area contributed by atoms with Gasteiger partial charge in [0.15, 0.2) is 17.0 Å². The molecule has 0 atom stereocenters. The highest BCUT2D eigenvalue weighted by Gasteiger charge is 2.44. The molecule has 0 amide bonds. The Morgan fingerprint density at radius 3 is 2.92 bits per heavy atom. The molecule has 0 fully saturated rings. The second-order valence-electron chi connectivity index (χ2n) is 5.28. The van der Waals surface area contributed by atoms with Crippen LogP contribution < -0.4 is 15.0 Å². The molecule has 3 aromatic rings. The second kappa shape index (κ2) is 5.02. The summed E-state index contributed by atoms with van der Waals surface area (Å²) >= 11 is 0. The Kier molecular flexibility index (Phi) is 3.05. The second-order valence-corrected chi connectivity index (χ2v) is 5.28. The summed E-state index contributed by atoms with van der Waals surface area (Å²) in [6, 6.07) is 4.54. The lowest BCUT2D eigenvalue weighted by atomic mass is 10.2. The molecule has 0 N–H and O–H groups in total. The lowest BCUT2D eigenvalue weighted by Gasteiger charge is -2.09. The lowest BCUT2D eigenvalue weighted by molar-refractivity contribution is -0.286. The van der Waals surface area contributed by atoms with Crippen LogP contribution in [0, 0.1) is 0 Å². The zero-order valence-electron chi connectivity index (χ0n) is 12.6. The number of nitrogens with zero attached hydrogens (tertiary/aromatic N) is 4. The van der Waals surface area contributed by atoms with Gasteiger partial charge in [-0.1, -0.05) is 12.1 Å². The van der Waals surface area contributed by atoms with Gasteiger partial charge in [-0.15, -0.1) is 8.78 Å². The van der Waals surface area contributed by atoms with E-state index in [0.29, 0.717) is 23.1 Å². The van der Waals surface area contributed by atoms with Crippen LogP contribution in [0.5, 0.6) is 11.5 Å². The van der Waals surface area contributed by atoms with E-state index in [-0.39, 0.29) is 23.6 Å². The van der Waals surface area contributed by atoms with Crippen molar-refractivity contribution in [3.63, 3.8) is 0 Å². The Balaban J connectivity index is 1.78. The molecule has 0 aliphatic carbocycles. The summed E-state index contributed by atoms with van der Waals surface area (Å²) in [4.78, 5) is 16.8. The van der Waals surface area contributed by atoms with Crippen molar-refractivity contribution in [2.75, 3.05) is 0 Å². The van der Waals surface area contributed by atoms with E-state index in [9.17, 15) is 13.6 Å². The van der Waals surface area contributed by atoms with Crippen molar-refractivity contribution in [1.82, 2.24) is 19.3 Å². The van der Waals surface area contributed by atoms with Crippen LogP contribution >= 0.6 is 0 Å². The highest BCUT2D eigenvalue weighted by Crippen LogP contribution is 2.43. The number of ether oxygens (including phenoxy) is 2. The molecule has 3 heterocycles. The minimum atomic E-state index is -3.70. The van der Waals surface area contributed by atoms with E-state index in [2.05, 4.69) is 19.6 Å². The average molecular weight is 334 g/mol. The molecule has 0 bridgehead atoms. The predicted molar refractivity (Wildman–Crippen MR) is 79.2 cm³/mol. The number of alkyl halides is 2. The first-order chi connectivity index (χ1) is 11.5. The Labute approximate surface area is 134 Å². The van der Waals surface area contributed by atoms with Gasteiger partial charge in [0, 0.05) is 12.1 Å². The number of para-hydroxylation sites is 1. The molecule has 4 rings (SSSR count). The fraction of sp³-hybridized carbons (Fsp3) is 0.267.